The molecule has 17 heteroatoms. The van der Waals surface area contributed by atoms with E-state index in [1.807, 2.05) is 13.8 Å². The van der Waals surface area contributed by atoms with E-state index in [1.165, 1.54) is 7.11 Å². The fourth-order valence-corrected chi connectivity index (χ4v) is 14.0. The van der Waals surface area contributed by atoms with Crippen LogP contribution in [-0.4, -0.2) is 166 Å². The first-order chi connectivity index (χ1) is 28.1. The Hall–Kier alpha value is -1.84. The van der Waals surface area contributed by atoms with E-state index in [0.717, 1.165) is 5.57 Å². The Morgan fingerprint density at radius 1 is 0.817 bits per heavy atom. The molecule has 7 rings (SSSR count). The van der Waals surface area contributed by atoms with E-state index in [1.54, 1.807) is 7.11 Å². The van der Waals surface area contributed by atoms with Crippen LogP contribution < -0.4 is 0 Å². The standard InChI is InChI=1S/C43H68O17/c1-38(37(54)56-7)10-12-43(36(52)53)13-11-41(4)20(21(43)15-38)14-23(55-6)32-39(2)16-22(46)33(40(3,19-45)26(39)8-9-42(32,41)5)60-34-30(50)28(48)25(18-57-34)59-35-31(51)29(49)27(47)24(17-44)58-35/h14,21-35,44-51H,8-13,15-19H2,1-7H3,(H,52,53). The average Bonchev–Trinajstić information content (AvgIpc) is 3.21. The van der Waals surface area contributed by atoms with Crippen molar-refractivity contribution in [2.75, 3.05) is 34.0 Å². The lowest BCUT2D eigenvalue weighted by molar-refractivity contribution is -0.358. The summed E-state index contributed by atoms with van der Waals surface area (Å²) in [4.78, 5) is 26.5. The highest BCUT2D eigenvalue weighted by atomic mass is 16.7. The summed E-state index contributed by atoms with van der Waals surface area (Å²) in [6, 6.07) is 0. The molecule has 5 aliphatic carbocycles. The van der Waals surface area contributed by atoms with Crippen LogP contribution in [0.3, 0.4) is 0 Å². The first-order valence-corrected chi connectivity index (χ1v) is 21.5. The topological polar surface area (TPSA) is 272 Å². The minimum absolute atomic E-state index is 0.199. The number of hydrogen-bond donors (Lipinski definition) is 9. The fraction of sp³-hybridized carbons (Fsp3) is 0.907. The number of methoxy groups -OCH3 is 2. The van der Waals surface area contributed by atoms with Crippen molar-refractivity contribution in [2.45, 2.75) is 160 Å². The zero-order valence-electron chi connectivity index (χ0n) is 35.8. The van der Waals surface area contributed by atoms with Crippen LogP contribution in [0.4, 0.5) is 0 Å². The van der Waals surface area contributed by atoms with Crippen molar-refractivity contribution < 1.29 is 84.0 Å². The van der Waals surface area contributed by atoms with Crippen molar-refractivity contribution in [2.24, 2.45) is 50.2 Å². The lowest BCUT2D eigenvalue weighted by Gasteiger charge is -2.72. The van der Waals surface area contributed by atoms with Gasteiger partial charge in [0, 0.05) is 18.4 Å². The summed E-state index contributed by atoms with van der Waals surface area (Å²) in [6.45, 7) is 8.91. The summed E-state index contributed by atoms with van der Waals surface area (Å²) in [6.07, 6.45) is -10.9. The molecular weight excluding hydrogens is 788 g/mol. The molecule has 0 bridgehead atoms. The van der Waals surface area contributed by atoms with Gasteiger partial charge in [-0.3, -0.25) is 9.59 Å². The second-order valence-electron chi connectivity index (χ2n) is 20.5. The Morgan fingerprint density at radius 3 is 2.10 bits per heavy atom. The van der Waals surface area contributed by atoms with Gasteiger partial charge in [0.2, 0.25) is 0 Å². The number of allylic oxidation sites excluding steroid dienone is 1. The lowest BCUT2D eigenvalue weighted by Crippen LogP contribution is -2.71. The average molecular weight is 857 g/mol. The van der Waals surface area contributed by atoms with E-state index in [-0.39, 0.29) is 30.8 Å². The number of aliphatic hydroxyl groups excluding tert-OH is 8. The Balaban J connectivity index is 1.15. The van der Waals surface area contributed by atoms with Crippen molar-refractivity contribution in [3.8, 4) is 0 Å². The molecule has 2 aliphatic heterocycles. The molecule has 4 saturated carbocycles. The summed E-state index contributed by atoms with van der Waals surface area (Å²) < 4.78 is 35.0. The molecule has 17 nitrogen and oxygen atoms in total. The third-order valence-electron chi connectivity index (χ3n) is 17.6. The fourth-order valence-electron chi connectivity index (χ4n) is 14.0. The third kappa shape index (κ3) is 6.58. The van der Waals surface area contributed by atoms with E-state index in [0.29, 0.717) is 44.9 Å². The molecule has 21 atom stereocenters. The van der Waals surface area contributed by atoms with Crippen LogP contribution in [-0.2, 0) is 38.0 Å². The first kappa shape index (κ1) is 46.2. The van der Waals surface area contributed by atoms with Crippen LogP contribution in [0.2, 0.25) is 0 Å². The van der Waals surface area contributed by atoms with E-state index >= 15 is 0 Å². The molecule has 0 aromatic heterocycles. The van der Waals surface area contributed by atoms with Crippen LogP contribution in [0, 0.1) is 50.2 Å². The van der Waals surface area contributed by atoms with E-state index in [4.69, 9.17) is 28.4 Å². The Bertz CT molecular complexity index is 1660. The Labute approximate surface area is 350 Å². The molecule has 0 spiro atoms. The molecule has 0 amide bonds. The van der Waals surface area contributed by atoms with Gasteiger partial charge in [0.1, 0.15) is 42.7 Å². The van der Waals surface area contributed by atoms with Gasteiger partial charge in [-0.15, -0.1) is 0 Å². The van der Waals surface area contributed by atoms with Crippen molar-refractivity contribution in [3.05, 3.63) is 11.6 Å². The second-order valence-corrected chi connectivity index (χ2v) is 20.5. The molecule has 0 aromatic rings. The third-order valence-corrected chi connectivity index (χ3v) is 17.6. The van der Waals surface area contributed by atoms with Gasteiger partial charge in [-0.05, 0) is 86.4 Å². The molecule has 60 heavy (non-hydrogen) atoms. The number of carbonyl (C=O) groups is 2. The van der Waals surface area contributed by atoms with E-state index in [2.05, 4.69) is 26.8 Å². The van der Waals surface area contributed by atoms with Gasteiger partial charge in [-0.2, -0.15) is 0 Å². The molecule has 2 heterocycles. The van der Waals surface area contributed by atoms with Gasteiger partial charge in [0.15, 0.2) is 12.6 Å². The number of hydrogen-bond acceptors (Lipinski definition) is 16. The maximum atomic E-state index is 13.3. The molecular formula is C43H68O17. The number of fused-ring (bicyclic) bond motifs is 7. The summed E-state index contributed by atoms with van der Waals surface area (Å²) in [7, 11) is 3.01. The van der Waals surface area contributed by atoms with Gasteiger partial charge in [0.25, 0.3) is 0 Å². The highest BCUT2D eigenvalue weighted by molar-refractivity contribution is 5.80. The summed E-state index contributed by atoms with van der Waals surface area (Å²) in [5.74, 6) is -2.07. The minimum Gasteiger partial charge on any atom is -0.481 e. The van der Waals surface area contributed by atoms with Crippen LogP contribution in [0.1, 0.15) is 86.0 Å². The maximum Gasteiger partial charge on any atom is 0.311 e. The highest BCUT2D eigenvalue weighted by Crippen LogP contribution is 2.76. The highest BCUT2D eigenvalue weighted by Gasteiger charge is 2.73. The SMILES string of the molecule is COC(=O)C1(C)CCC2(C(=O)O)CCC3(C)C(=CC(OC)C4C5(C)CC(O)C(OC6OCC(OC7OC(CO)C(O)C(O)C7O)C(O)C6O)C(C)(CO)C5CCC43C)C2C1. The van der Waals surface area contributed by atoms with Crippen molar-refractivity contribution in [3.63, 3.8) is 0 Å². The zero-order valence-corrected chi connectivity index (χ0v) is 35.8. The number of rotatable bonds is 9. The number of carbonyl (C=O) groups excluding carboxylic acids is 1. The quantitative estimate of drug-likeness (QED) is 0.0854. The molecule has 7 aliphatic rings. The lowest BCUT2D eigenvalue weighted by atomic mass is 9.33. The van der Waals surface area contributed by atoms with Gasteiger partial charge in [0.05, 0.1) is 56.1 Å². The normalized spacial score (nSPS) is 54.0. The number of aliphatic carboxylic acids is 1. The van der Waals surface area contributed by atoms with Gasteiger partial charge in [-0.25, -0.2) is 0 Å². The monoisotopic (exact) mass is 856 g/mol. The predicted molar refractivity (Wildman–Crippen MR) is 207 cm³/mol. The van der Waals surface area contributed by atoms with Crippen LogP contribution in [0.25, 0.3) is 0 Å². The van der Waals surface area contributed by atoms with Gasteiger partial charge >= 0.3 is 11.9 Å². The van der Waals surface area contributed by atoms with E-state index < -0.39 is 131 Å². The molecule has 2 saturated heterocycles. The van der Waals surface area contributed by atoms with Crippen LogP contribution in [0.5, 0.6) is 0 Å². The Kier molecular flexibility index (Phi) is 12.3. The van der Waals surface area contributed by atoms with Gasteiger partial charge in [-0.1, -0.05) is 39.3 Å². The molecule has 21 unspecified atom stereocenters. The molecule has 6 fully saturated rings. The smallest absolute Gasteiger partial charge is 0.311 e. The molecule has 0 radical (unpaired) electrons. The number of esters is 1. The first-order valence-electron chi connectivity index (χ1n) is 21.5. The van der Waals surface area contributed by atoms with Gasteiger partial charge < -0.3 is 74.4 Å². The van der Waals surface area contributed by atoms with Crippen molar-refractivity contribution in [1.29, 1.82) is 0 Å². The second kappa shape index (κ2) is 16.0. The summed E-state index contributed by atoms with van der Waals surface area (Å²) in [5, 5.41) is 97.2. The maximum absolute atomic E-state index is 13.3. The Morgan fingerprint density at radius 2 is 1.48 bits per heavy atom. The van der Waals surface area contributed by atoms with Crippen LogP contribution >= 0.6 is 0 Å². The predicted octanol–water partition coefficient (Wildman–Crippen LogP) is 0.242. The van der Waals surface area contributed by atoms with Crippen molar-refractivity contribution >= 4 is 11.9 Å². The number of aliphatic hydroxyl groups is 8. The summed E-state index contributed by atoms with van der Waals surface area (Å²) in [5.41, 5.74) is -3.57. The van der Waals surface area contributed by atoms with E-state index in [9.17, 15) is 55.5 Å². The molecule has 9 N–H and O–H groups in total. The van der Waals surface area contributed by atoms with Crippen LogP contribution in [0.15, 0.2) is 11.6 Å². The molecule has 0 aromatic carbocycles. The summed E-state index contributed by atoms with van der Waals surface area (Å²) >= 11 is 0. The zero-order chi connectivity index (χ0) is 44.1. The number of carboxylic acids is 1. The number of ether oxygens (including phenoxy) is 6. The minimum atomic E-state index is -1.74. The number of carboxylic acid groups (broad SMARTS) is 1. The molecule has 342 valence electrons. The largest absolute Gasteiger partial charge is 0.481 e. The van der Waals surface area contributed by atoms with Crippen molar-refractivity contribution in [1.82, 2.24) is 0 Å².